The Balaban J connectivity index is 0.903. The number of nitrogens with zero attached hydrogens (tertiary/aromatic N) is 9. The van der Waals surface area contributed by atoms with E-state index in [1.165, 1.54) is 12.1 Å². The molecule has 46 heavy (non-hydrogen) atoms. The van der Waals surface area contributed by atoms with Crippen LogP contribution in [0.5, 0.6) is 0 Å². The average Bonchev–Trinajstić information content (AvgIpc) is 3.91. The molecular formula is C32H31FN10O2S. The molecule has 4 aromatic heterocycles. The summed E-state index contributed by atoms with van der Waals surface area (Å²) in [5.74, 6) is 1.05. The van der Waals surface area contributed by atoms with Gasteiger partial charge in [0.25, 0.3) is 0 Å². The van der Waals surface area contributed by atoms with Gasteiger partial charge in [-0.15, -0.1) is 11.3 Å². The molecule has 0 aliphatic carbocycles. The molecule has 0 radical (unpaired) electrons. The molecule has 2 amide bonds. The minimum Gasteiger partial charge on any atom is -0.338 e. The van der Waals surface area contributed by atoms with Crippen molar-refractivity contribution >= 4 is 45.6 Å². The normalized spacial score (nSPS) is 20.4. The van der Waals surface area contributed by atoms with Crippen LogP contribution in [0, 0.1) is 11.2 Å². The fraction of sp³-hybridized carbons (Fsp3) is 0.344. The number of aryl methyl sites for hydroxylation is 1. The van der Waals surface area contributed by atoms with Crippen LogP contribution in [-0.2, 0) is 16.6 Å². The van der Waals surface area contributed by atoms with Gasteiger partial charge in [0.1, 0.15) is 34.2 Å². The predicted octanol–water partition coefficient (Wildman–Crippen LogP) is 3.76. The van der Waals surface area contributed by atoms with Gasteiger partial charge in [-0.05, 0) is 67.8 Å². The first kappa shape index (κ1) is 28.6. The number of thiazole rings is 1. The van der Waals surface area contributed by atoms with Crippen LogP contribution in [-0.4, -0.2) is 95.8 Å². The van der Waals surface area contributed by atoms with E-state index in [0.717, 1.165) is 33.0 Å². The molecule has 14 heteroatoms. The smallest absolute Gasteiger partial charge is 0.237 e. The molecule has 3 aliphatic heterocycles. The minimum atomic E-state index is -0.521. The number of anilines is 1. The predicted molar refractivity (Wildman–Crippen MR) is 171 cm³/mol. The van der Waals surface area contributed by atoms with Crippen molar-refractivity contribution in [3.8, 4) is 22.0 Å². The first-order valence-corrected chi connectivity index (χ1v) is 16.1. The summed E-state index contributed by atoms with van der Waals surface area (Å²) in [6.45, 7) is 3.30. The number of aromatic amines is 1. The van der Waals surface area contributed by atoms with E-state index >= 15 is 0 Å². The van der Waals surface area contributed by atoms with Crippen molar-refractivity contribution < 1.29 is 14.0 Å². The van der Waals surface area contributed by atoms with Gasteiger partial charge >= 0.3 is 0 Å². The number of amides is 2. The lowest BCUT2D eigenvalue weighted by molar-refractivity contribution is -0.132. The number of rotatable bonds is 6. The maximum Gasteiger partial charge on any atom is 0.237 e. The molecule has 1 aromatic carbocycles. The quantitative estimate of drug-likeness (QED) is 0.298. The Bertz CT molecular complexity index is 2000. The Morgan fingerprint density at radius 3 is 2.72 bits per heavy atom. The van der Waals surface area contributed by atoms with Gasteiger partial charge in [0.05, 0.1) is 22.4 Å². The zero-order valence-corrected chi connectivity index (χ0v) is 26.0. The monoisotopic (exact) mass is 638 g/mol. The molecule has 1 atom stereocenters. The summed E-state index contributed by atoms with van der Waals surface area (Å²) in [6, 6.07) is 9.83. The molecule has 234 valence electrons. The average molecular weight is 639 g/mol. The van der Waals surface area contributed by atoms with E-state index in [4.69, 9.17) is 4.98 Å². The van der Waals surface area contributed by atoms with E-state index in [0.29, 0.717) is 75.0 Å². The maximum atomic E-state index is 13.9. The van der Waals surface area contributed by atoms with Crippen LogP contribution in [0.15, 0.2) is 55.0 Å². The number of H-pyrrole nitrogens is 1. The summed E-state index contributed by atoms with van der Waals surface area (Å²) < 4.78 is 15.2. The number of nitrogens with one attached hydrogen (secondary N) is 1. The minimum absolute atomic E-state index is 0.0513. The van der Waals surface area contributed by atoms with Crippen LogP contribution in [0.25, 0.3) is 38.6 Å². The van der Waals surface area contributed by atoms with Gasteiger partial charge in [0.15, 0.2) is 5.82 Å². The number of carbonyl (C=O) groups excluding carboxylic acids is 2. The first-order valence-electron chi connectivity index (χ1n) is 15.3. The third kappa shape index (κ3) is 5.07. The van der Waals surface area contributed by atoms with Gasteiger partial charge < -0.3 is 4.90 Å². The number of benzene rings is 1. The maximum absolute atomic E-state index is 13.9. The summed E-state index contributed by atoms with van der Waals surface area (Å²) in [4.78, 5) is 47.6. The largest absolute Gasteiger partial charge is 0.338 e. The van der Waals surface area contributed by atoms with Crippen molar-refractivity contribution in [2.45, 2.75) is 19.3 Å². The SMILES string of the molecule is Cn1cnc(-c2cnc(C3=CCN(C(=O)CN4CC[C@]5(CCN(c6ccc7[nH]nc(-c8ccc(F)cc8)c7n6)C5=O)C4)CC3)s2)n1. The Kier molecular flexibility index (Phi) is 6.98. The van der Waals surface area contributed by atoms with Crippen molar-refractivity contribution in [3.05, 3.63) is 65.8 Å². The summed E-state index contributed by atoms with van der Waals surface area (Å²) in [6.07, 6.45) is 7.73. The number of hydrogen-bond acceptors (Lipinski definition) is 9. The third-order valence-corrected chi connectivity index (χ3v) is 10.3. The van der Waals surface area contributed by atoms with E-state index in [1.54, 1.807) is 45.6 Å². The molecular weight excluding hydrogens is 607 g/mol. The molecule has 3 aliphatic rings. The molecule has 1 N–H and O–H groups in total. The molecule has 8 rings (SSSR count). The summed E-state index contributed by atoms with van der Waals surface area (Å²) >= 11 is 1.56. The van der Waals surface area contributed by atoms with Gasteiger partial charge in [0, 0.05) is 45.0 Å². The highest BCUT2D eigenvalue weighted by Crippen LogP contribution is 2.42. The van der Waals surface area contributed by atoms with E-state index in [1.807, 2.05) is 24.1 Å². The molecule has 0 unspecified atom stereocenters. The van der Waals surface area contributed by atoms with Gasteiger partial charge in [-0.3, -0.25) is 29.2 Å². The fourth-order valence-corrected chi connectivity index (χ4v) is 7.64. The van der Waals surface area contributed by atoms with Crippen LogP contribution < -0.4 is 4.90 Å². The fourth-order valence-electron chi connectivity index (χ4n) is 6.72. The number of fused-ring (bicyclic) bond motifs is 1. The molecule has 12 nitrogen and oxygen atoms in total. The van der Waals surface area contributed by atoms with Gasteiger partial charge in [-0.2, -0.15) is 10.2 Å². The number of carbonyl (C=O) groups is 2. The lowest BCUT2D eigenvalue weighted by Crippen LogP contribution is -2.43. The second-order valence-electron chi connectivity index (χ2n) is 12.2. The van der Waals surface area contributed by atoms with Crippen LogP contribution in [0.1, 0.15) is 24.3 Å². The Labute approximate surface area is 267 Å². The lowest BCUT2D eigenvalue weighted by Gasteiger charge is -2.28. The zero-order valence-electron chi connectivity index (χ0n) is 25.2. The van der Waals surface area contributed by atoms with Crippen molar-refractivity contribution in [1.82, 2.24) is 44.7 Å². The Morgan fingerprint density at radius 2 is 1.93 bits per heavy atom. The number of aromatic nitrogens is 7. The number of halogens is 1. The molecule has 1 spiro atoms. The van der Waals surface area contributed by atoms with Crippen molar-refractivity contribution in [2.75, 3.05) is 44.2 Å². The molecule has 7 heterocycles. The van der Waals surface area contributed by atoms with Gasteiger partial charge in [0.2, 0.25) is 11.8 Å². The molecule has 0 bridgehead atoms. The second-order valence-corrected chi connectivity index (χ2v) is 13.2. The summed E-state index contributed by atoms with van der Waals surface area (Å²) in [5.41, 5.74) is 3.35. The van der Waals surface area contributed by atoms with Gasteiger partial charge in [-0.1, -0.05) is 6.08 Å². The summed E-state index contributed by atoms with van der Waals surface area (Å²) in [5, 5.41) is 12.7. The summed E-state index contributed by atoms with van der Waals surface area (Å²) in [7, 11) is 1.84. The van der Waals surface area contributed by atoms with Crippen LogP contribution in [0.2, 0.25) is 0 Å². The number of pyridine rings is 1. The van der Waals surface area contributed by atoms with E-state index < -0.39 is 5.41 Å². The van der Waals surface area contributed by atoms with Crippen molar-refractivity contribution in [1.29, 1.82) is 0 Å². The number of hydrogen-bond donors (Lipinski definition) is 1. The van der Waals surface area contributed by atoms with Gasteiger partial charge in [-0.25, -0.2) is 19.3 Å². The van der Waals surface area contributed by atoms with E-state index in [9.17, 15) is 14.0 Å². The van der Waals surface area contributed by atoms with E-state index in [-0.39, 0.29) is 17.6 Å². The first-order chi connectivity index (χ1) is 22.3. The Morgan fingerprint density at radius 1 is 1.09 bits per heavy atom. The second kappa shape index (κ2) is 11.2. The standard InChI is InChI=1S/C32H31FN10O2S/c1-40-19-35-29(39-40)24-16-34-30(46-24)21-8-12-42(13-9-21)26(44)17-41-14-10-32(18-41)11-15-43(31(32)45)25-7-6-23-28(36-25)27(38-37-23)20-2-4-22(33)5-3-20/h2-8,16,19H,9-15,17-18H2,1H3,(H,37,38)/t32-/m0/s1. The highest BCUT2D eigenvalue weighted by molar-refractivity contribution is 7.16. The van der Waals surface area contributed by atoms with Crippen LogP contribution in [0.3, 0.4) is 0 Å². The van der Waals surface area contributed by atoms with Crippen molar-refractivity contribution in [2.24, 2.45) is 12.5 Å². The van der Waals surface area contributed by atoms with E-state index in [2.05, 4.69) is 36.2 Å². The molecule has 2 saturated heterocycles. The molecule has 0 saturated carbocycles. The topological polar surface area (TPSA) is 129 Å². The Hall–Kier alpha value is -4.82. The zero-order chi connectivity index (χ0) is 31.4. The third-order valence-electron chi connectivity index (χ3n) is 9.25. The van der Waals surface area contributed by atoms with Crippen LogP contribution in [0.4, 0.5) is 10.2 Å². The molecule has 2 fully saturated rings. The van der Waals surface area contributed by atoms with Crippen LogP contribution >= 0.6 is 11.3 Å². The van der Waals surface area contributed by atoms with Crippen molar-refractivity contribution in [3.63, 3.8) is 0 Å². The lowest BCUT2D eigenvalue weighted by atomic mass is 9.85. The molecule has 5 aromatic rings. The highest BCUT2D eigenvalue weighted by Gasteiger charge is 2.51. The highest BCUT2D eigenvalue weighted by atomic mass is 32.1. The number of likely N-dealkylation sites (tertiary alicyclic amines) is 1.